The molecular formula is C43H61ClN4O6S. The number of carbonyl (C=O) groups is 1. The van der Waals surface area contributed by atoms with Gasteiger partial charge in [-0.3, -0.25) is 14.6 Å². The summed E-state index contributed by atoms with van der Waals surface area (Å²) in [6.45, 7) is 11.7. The molecule has 2 saturated heterocycles. The molecule has 1 saturated carbocycles. The molecule has 0 radical (unpaired) electrons. The van der Waals surface area contributed by atoms with E-state index in [1.165, 1.54) is 31.4 Å². The number of rotatable bonds is 6. The van der Waals surface area contributed by atoms with Crippen molar-refractivity contribution in [2.24, 2.45) is 17.8 Å². The Morgan fingerprint density at radius 1 is 0.945 bits per heavy atom. The summed E-state index contributed by atoms with van der Waals surface area (Å²) in [4.78, 5) is 21.4. The molecule has 6 atom stereocenters. The Kier molecular flexibility index (Phi) is 13.2. The largest absolute Gasteiger partial charge is 0.487 e. The molecule has 10 nitrogen and oxygen atoms in total. The van der Waals surface area contributed by atoms with Gasteiger partial charge in [-0.15, -0.1) is 0 Å². The van der Waals surface area contributed by atoms with Crippen LogP contribution in [-0.2, 0) is 32.5 Å². The monoisotopic (exact) mass is 796 g/mol. The van der Waals surface area contributed by atoms with Crippen LogP contribution in [0.5, 0.6) is 5.75 Å². The highest BCUT2D eigenvalue weighted by Crippen LogP contribution is 2.47. The summed E-state index contributed by atoms with van der Waals surface area (Å²) in [6, 6.07) is 11.9. The Bertz CT molecular complexity index is 1790. The van der Waals surface area contributed by atoms with Crippen molar-refractivity contribution in [3.05, 3.63) is 70.3 Å². The molecule has 1 aliphatic carbocycles. The number of sulfonamides is 1. The van der Waals surface area contributed by atoms with E-state index in [4.69, 9.17) is 25.8 Å². The van der Waals surface area contributed by atoms with Gasteiger partial charge in [0, 0.05) is 63.0 Å². The molecule has 0 spiro atoms. The molecule has 5 aliphatic rings. The lowest BCUT2D eigenvalue weighted by Crippen LogP contribution is -2.61. The van der Waals surface area contributed by atoms with Crippen LogP contribution in [0.2, 0.25) is 5.02 Å². The Morgan fingerprint density at radius 2 is 1.80 bits per heavy atom. The number of piperazine rings is 1. The number of allylic oxidation sites excluding steroid dienone is 1. The maximum absolute atomic E-state index is 13.7. The molecule has 1 N–H and O–H groups in total. The lowest BCUT2D eigenvalue weighted by atomic mass is 9.63. The first-order valence-electron chi connectivity index (χ1n) is 20.7. The van der Waals surface area contributed by atoms with E-state index < -0.39 is 26.8 Å². The van der Waals surface area contributed by atoms with Crippen molar-refractivity contribution in [1.82, 2.24) is 14.5 Å². The van der Waals surface area contributed by atoms with E-state index in [1.807, 2.05) is 37.3 Å². The highest BCUT2D eigenvalue weighted by atomic mass is 35.5. The number of nitrogens with zero attached hydrogens (tertiary/aromatic N) is 3. The fraction of sp³-hybridized carbons (Fsp3) is 0.651. The molecule has 302 valence electrons. The SMILES string of the molecule is COCCO[C@]1(CN2CCN3CCCC[C@@H]3C2)/C=C/C[C@H](C)[C@@H](C)S(=O)(=O)NC(=O)c2ccc3c(c2)N(CCCCc2cc(Cl)ccc2CO3)C[C@@H]2CC[C@H]21. The molecule has 1 amide bonds. The highest BCUT2D eigenvalue weighted by Gasteiger charge is 2.49. The summed E-state index contributed by atoms with van der Waals surface area (Å²) in [5.74, 6) is 0.398. The highest BCUT2D eigenvalue weighted by molar-refractivity contribution is 7.90. The van der Waals surface area contributed by atoms with Crippen LogP contribution >= 0.6 is 11.6 Å². The number of nitrogens with one attached hydrogen (secondary N) is 1. The summed E-state index contributed by atoms with van der Waals surface area (Å²) in [7, 11) is -2.25. The molecule has 12 heteroatoms. The first-order valence-corrected chi connectivity index (χ1v) is 22.6. The van der Waals surface area contributed by atoms with Crippen molar-refractivity contribution < 1.29 is 27.4 Å². The van der Waals surface area contributed by atoms with Crippen molar-refractivity contribution in [3.8, 4) is 5.75 Å². The zero-order valence-electron chi connectivity index (χ0n) is 33.0. The number of methoxy groups -OCH3 is 1. The standard InChI is InChI=1S/C43H61ClN4O6S/c1-31-9-8-18-43(54-24-23-52-3,30-46-21-22-47-19-7-5-11-38(47)28-46)39-16-13-35(39)27-48-20-6-4-10-33-25-37(44)15-12-36(33)29-53-41-17-14-34(26-40(41)48)42(49)45-55(50,51)32(31)2/h8,12,14-15,17-18,25-26,31-32,35,38-39H,4-7,9-11,13,16,19-24,27-30H2,1-3H3,(H,45,49)/b18-8+/t31-,32+,35-,38+,39+,43-/m0/s1. The predicted molar refractivity (Wildman–Crippen MR) is 219 cm³/mol. The van der Waals surface area contributed by atoms with Crippen molar-refractivity contribution in [2.45, 2.75) is 95.1 Å². The molecule has 4 aliphatic heterocycles. The predicted octanol–water partition coefficient (Wildman–Crippen LogP) is 6.70. The fourth-order valence-corrected chi connectivity index (χ4v) is 11.1. The van der Waals surface area contributed by atoms with Crippen LogP contribution in [0.25, 0.3) is 0 Å². The van der Waals surface area contributed by atoms with Crippen molar-refractivity contribution in [1.29, 1.82) is 0 Å². The molecule has 4 heterocycles. The van der Waals surface area contributed by atoms with E-state index in [0.717, 1.165) is 87.6 Å². The Labute approximate surface area is 333 Å². The summed E-state index contributed by atoms with van der Waals surface area (Å²) in [5, 5.41) is -0.0711. The van der Waals surface area contributed by atoms with Crippen LogP contribution in [0.1, 0.15) is 86.7 Å². The average molecular weight is 798 g/mol. The van der Waals surface area contributed by atoms with Crippen LogP contribution in [-0.4, -0.2) is 107 Å². The number of hydrogen-bond donors (Lipinski definition) is 1. The molecule has 0 unspecified atom stereocenters. The second-order valence-corrected chi connectivity index (χ2v) is 19.2. The van der Waals surface area contributed by atoms with Crippen molar-refractivity contribution >= 4 is 33.2 Å². The Hall–Kier alpha value is -2.67. The molecule has 2 aromatic carbocycles. The zero-order valence-corrected chi connectivity index (χ0v) is 34.6. The average Bonchev–Trinajstić information content (AvgIpc) is 3.18. The molecular weight excluding hydrogens is 736 g/mol. The van der Waals surface area contributed by atoms with E-state index in [1.54, 1.807) is 20.1 Å². The second kappa shape index (κ2) is 17.9. The number of amides is 1. The number of ether oxygens (including phenoxy) is 3. The number of carbonyl (C=O) groups excluding carboxylic acids is 1. The summed E-state index contributed by atoms with van der Waals surface area (Å²) < 4.78 is 49.1. The number of piperidine rings is 1. The zero-order chi connectivity index (χ0) is 38.6. The number of benzene rings is 2. The number of aryl methyl sites for hydroxylation is 1. The van der Waals surface area contributed by atoms with E-state index in [-0.39, 0.29) is 11.8 Å². The topological polar surface area (TPSA) is 101 Å². The number of halogens is 1. The van der Waals surface area contributed by atoms with Gasteiger partial charge in [-0.2, -0.15) is 0 Å². The van der Waals surface area contributed by atoms with Crippen molar-refractivity contribution in [3.63, 3.8) is 0 Å². The second-order valence-electron chi connectivity index (χ2n) is 16.7. The van der Waals surface area contributed by atoms with Crippen LogP contribution in [0, 0.1) is 17.8 Å². The van der Waals surface area contributed by atoms with Gasteiger partial charge in [-0.25, -0.2) is 13.1 Å². The quantitative estimate of drug-likeness (QED) is 0.253. The van der Waals surface area contributed by atoms with Crippen LogP contribution in [0.15, 0.2) is 48.6 Å². The third kappa shape index (κ3) is 9.39. The smallest absolute Gasteiger partial charge is 0.264 e. The van der Waals surface area contributed by atoms with Gasteiger partial charge in [0.15, 0.2) is 0 Å². The summed E-state index contributed by atoms with van der Waals surface area (Å²) in [5.41, 5.74) is 2.83. The van der Waals surface area contributed by atoms with E-state index in [2.05, 4.69) is 31.6 Å². The van der Waals surface area contributed by atoms with E-state index in [9.17, 15) is 13.2 Å². The van der Waals surface area contributed by atoms with Gasteiger partial charge in [0.2, 0.25) is 10.0 Å². The van der Waals surface area contributed by atoms with Crippen LogP contribution in [0.4, 0.5) is 5.69 Å². The summed E-state index contributed by atoms with van der Waals surface area (Å²) in [6.07, 6.45) is 13.7. The first-order chi connectivity index (χ1) is 26.5. The molecule has 2 bridgehead atoms. The van der Waals surface area contributed by atoms with Gasteiger partial charge in [0.1, 0.15) is 18.0 Å². The number of anilines is 1. The lowest BCUT2D eigenvalue weighted by molar-refractivity contribution is -0.127. The number of fused-ring (bicyclic) bond motifs is 4. The molecule has 3 fully saturated rings. The van der Waals surface area contributed by atoms with Crippen LogP contribution in [0.3, 0.4) is 0 Å². The van der Waals surface area contributed by atoms with Crippen molar-refractivity contribution in [2.75, 3.05) is 71.0 Å². The third-order valence-electron chi connectivity index (χ3n) is 13.2. The maximum Gasteiger partial charge on any atom is 0.264 e. The molecule has 55 heavy (non-hydrogen) atoms. The number of hydrogen-bond acceptors (Lipinski definition) is 9. The van der Waals surface area contributed by atoms with Gasteiger partial charge in [0.05, 0.1) is 24.2 Å². The minimum absolute atomic E-state index is 0.233. The van der Waals surface area contributed by atoms with Gasteiger partial charge < -0.3 is 19.1 Å². The van der Waals surface area contributed by atoms with Gasteiger partial charge >= 0.3 is 0 Å². The van der Waals surface area contributed by atoms with Crippen LogP contribution < -0.4 is 14.4 Å². The Balaban J connectivity index is 1.27. The van der Waals surface area contributed by atoms with Gasteiger partial charge in [-0.1, -0.05) is 43.2 Å². The Morgan fingerprint density at radius 3 is 2.62 bits per heavy atom. The van der Waals surface area contributed by atoms with Gasteiger partial charge in [-0.05, 0) is 124 Å². The first kappa shape index (κ1) is 40.5. The minimum Gasteiger partial charge on any atom is -0.487 e. The summed E-state index contributed by atoms with van der Waals surface area (Å²) >= 11 is 6.43. The third-order valence-corrected chi connectivity index (χ3v) is 15.4. The molecule has 0 aromatic heterocycles. The molecule has 7 rings (SSSR count). The van der Waals surface area contributed by atoms with E-state index >= 15 is 0 Å². The lowest BCUT2D eigenvalue weighted by Gasteiger charge is -2.53. The van der Waals surface area contributed by atoms with E-state index in [0.29, 0.717) is 49.5 Å². The minimum atomic E-state index is -3.97. The van der Waals surface area contributed by atoms with Gasteiger partial charge in [0.25, 0.3) is 5.91 Å². The fourth-order valence-electron chi connectivity index (χ4n) is 9.58. The normalized spacial score (nSPS) is 31.3. The maximum atomic E-state index is 13.7. The molecule has 2 aromatic rings.